The highest BCUT2D eigenvalue weighted by atomic mass is 16.5. The third-order valence-corrected chi connectivity index (χ3v) is 3.86. The Labute approximate surface area is 92.8 Å². The van der Waals surface area contributed by atoms with Crippen LogP contribution in [0.1, 0.15) is 40.0 Å². The molecule has 1 N–H and O–H groups in total. The first-order valence-electron chi connectivity index (χ1n) is 5.93. The minimum atomic E-state index is -0.188. The molecule has 1 aliphatic rings. The van der Waals surface area contributed by atoms with Crippen molar-refractivity contribution >= 4 is 0 Å². The van der Waals surface area contributed by atoms with Crippen LogP contribution in [0, 0.1) is 5.41 Å². The minimum Gasteiger partial charge on any atom is -0.392 e. The number of methoxy groups -OCH3 is 1. The van der Waals surface area contributed by atoms with E-state index in [9.17, 15) is 5.11 Å². The molecule has 1 rings (SSSR count). The minimum absolute atomic E-state index is 0.0119. The van der Waals surface area contributed by atoms with Crippen molar-refractivity contribution in [2.45, 2.75) is 58.3 Å². The summed E-state index contributed by atoms with van der Waals surface area (Å²) >= 11 is 0. The number of aliphatic hydroxyl groups is 1. The van der Waals surface area contributed by atoms with E-state index in [0.29, 0.717) is 6.61 Å². The number of rotatable bonds is 6. The summed E-state index contributed by atoms with van der Waals surface area (Å²) in [4.78, 5) is 0. The van der Waals surface area contributed by atoms with Gasteiger partial charge in [0.25, 0.3) is 0 Å². The molecule has 0 saturated heterocycles. The van der Waals surface area contributed by atoms with Gasteiger partial charge in [-0.3, -0.25) is 0 Å². The highest BCUT2D eigenvalue weighted by molar-refractivity contribution is 5.02. The van der Waals surface area contributed by atoms with Crippen LogP contribution >= 0.6 is 0 Å². The fourth-order valence-corrected chi connectivity index (χ4v) is 2.65. The Bertz CT molecular complexity index is 189. The molecule has 1 aliphatic carbocycles. The molecule has 1 saturated carbocycles. The summed E-state index contributed by atoms with van der Waals surface area (Å²) in [5.41, 5.74) is -0.0119. The zero-order chi connectivity index (χ0) is 11.5. The van der Waals surface area contributed by atoms with E-state index in [4.69, 9.17) is 9.47 Å². The number of ether oxygens (including phenoxy) is 2. The first-order chi connectivity index (χ1) is 7.10. The molecule has 3 heteroatoms. The summed E-state index contributed by atoms with van der Waals surface area (Å²) in [5, 5.41) is 9.86. The molecule has 0 aromatic rings. The molecular formula is C12H24O3. The maximum absolute atomic E-state index is 9.86. The van der Waals surface area contributed by atoms with Gasteiger partial charge in [-0.2, -0.15) is 0 Å². The number of aliphatic hydroxyl groups excluding tert-OH is 1. The van der Waals surface area contributed by atoms with Crippen LogP contribution in [0.2, 0.25) is 0 Å². The summed E-state index contributed by atoms with van der Waals surface area (Å²) in [6.45, 7) is 6.90. The van der Waals surface area contributed by atoms with Gasteiger partial charge in [0, 0.05) is 18.9 Å². The number of hydrogen-bond donors (Lipinski definition) is 1. The zero-order valence-corrected chi connectivity index (χ0v) is 10.3. The molecule has 1 fully saturated rings. The summed E-state index contributed by atoms with van der Waals surface area (Å²) < 4.78 is 11.0. The molecule has 3 nitrogen and oxygen atoms in total. The molecule has 0 bridgehead atoms. The van der Waals surface area contributed by atoms with Gasteiger partial charge in [0.2, 0.25) is 0 Å². The van der Waals surface area contributed by atoms with Crippen LogP contribution in [-0.4, -0.2) is 37.1 Å². The van der Waals surface area contributed by atoms with Gasteiger partial charge in [0.1, 0.15) is 0 Å². The Kier molecular flexibility index (Phi) is 4.56. The van der Waals surface area contributed by atoms with Crippen LogP contribution in [-0.2, 0) is 9.47 Å². The van der Waals surface area contributed by atoms with Crippen molar-refractivity contribution in [3.8, 4) is 0 Å². The van der Waals surface area contributed by atoms with Crippen LogP contribution in [0.5, 0.6) is 0 Å². The predicted molar refractivity (Wildman–Crippen MR) is 59.8 cm³/mol. The van der Waals surface area contributed by atoms with Crippen molar-refractivity contribution in [3.63, 3.8) is 0 Å². The van der Waals surface area contributed by atoms with Gasteiger partial charge in [-0.1, -0.05) is 13.8 Å². The average molecular weight is 216 g/mol. The second-order valence-electron chi connectivity index (χ2n) is 4.58. The first kappa shape index (κ1) is 12.9. The fraction of sp³-hybridized carbons (Fsp3) is 1.00. The summed E-state index contributed by atoms with van der Waals surface area (Å²) in [7, 11) is 1.68. The summed E-state index contributed by atoms with van der Waals surface area (Å²) in [6.07, 6.45) is 2.87. The fourth-order valence-electron chi connectivity index (χ4n) is 2.65. The average Bonchev–Trinajstić information content (AvgIpc) is 2.19. The lowest BCUT2D eigenvalue weighted by molar-refractivity contribution is -0.216. The van der Waals surface area contributed by atoms with E-state index in [0.717, 1.165) is 19.3 Å². The molecule has 0 aromatic carbocycles. The second kappa shape index (κ2) is 5.28. The van der Waals surface area contributed by atoms with E-state index in [1.807, 2.05) is 6.92 Å². The molecule has 0 aliphatic heterocycles. The molecule has 0 radical (unpaired) electrons. The summed E-state index contributed by atoms with van der Waals surface area (Å²) in [6, 6.07) is 0. The van der Waals surface area contributed by atoms with E-state index in [1.165, 1.54) is 0 Å². The molecule has 3 atom stereocenters. The Morgan fingerprint density at radius 1 is 1.40 bits per heavy atom. The van der Waals surface area contributed by atoms with E-state index in [2.05, 4.69) is 13.8 Å². The lowest BCUT2D eigenvalue weighted by Crippen LogP contribution is -2.58. The van der Waals surface area contributed by atoms with Gasteiger partial charge in [-0.15, -0.1) is 0 Å². The molecule has 0 aromatic heterocycles. The molecule has 90 valence electrons. The topological polar surface area (TPSA) is 38.7 Å². The lowest BCUT2D eigenvalue weighted by atomic mass is 9.60. The van der Waals surface area contributed by atoms with Crippen LogP contribution < -0.4 is 0 Å². The van der Waals surface area contributed by atoms with E-state index >= 15 is 0 Å². The highest BCUT2D eigenvalue weighted by Gasteiger charge is 2.53. The highest BCUT2D eigenvalue weighted by Crippen LogP contribution is 2.49. The molecular weight excluding hydrogens is 192 g/mol. The SMILES string of the molecule is CCC1(CC)C(O)CC1OC(C)COC. The second-order valence-corrected chi connectivity index (χ2v) is 4.58. The summed E-state index contributed by atoms with van der Waals surface area (Å²) in [5.74, 6) is 0. The van der Waals surface area contributed by atoms with Gasteiger partial charge in [0.15, 0.2) is 0 Å². The van der Waals surface area contributed by atoms with E-state index in [1.54, 1.807) is 7.11 Å². The molecule has 0 spiro atoms. The molecule has 15 heavy (non-hydrogen) atoms. The standard InChI is InChI=1S/C12H24O3/c1-5-12(6-2)10(13)7-11(12)15-9(3)8-14-4/h9-11,13H,5-8H2,1-4H3. The lowest BCUT2D eigenvalue weighted by Gasteiger charge is -2.53. The van der Waals surface area contributed by atoms with Crippen molar-refractivity contribution in [3.05, 3.63) is 0 Å². The number of hydrogen-bond acceptors (Lipinski definition) is 3. The first-order valence-corrected chi connectivity index (χ1v) is 5.93. The van der Waals surface area contributed by atoms with Gasteiger partial charge < -0.3 is 14.6 Å². The normalized spacial score (nSPS) is 31.0. The smallest absolute Gasteiger partial charge is 0.0784 e. The van der Waals surface area contributed by atoms with Crippen molar-refractivity contribution < 1.29 is 14.6 Å². The Morgan fingerprint density at radius 2 is 2.00 bits per heavy atom. The maximum Gasteiger partial charge on any atom is 0.0784 e. The third-order valence-electron chi connectivity index (χ3n) is 3.86. The van der Waals surface area contributed by atoms with E-state index in [-0.39, 0.29) is 23.7 Å². The predicted octanol–water partition coefficient (Wildman–Crippen LogP) is 1.98. The zero-order valence-electron chi connectivity index (χ0n) is 10.3. The van der Waals surface area contributed by atoms with Crippen molar-refractivity contribution in [2.75, 3.05) is 13.7 Å². The van der Waals surface area contributed by atoms with Crippen LogP contribution in [0.15, 0.2) is 0 Å². The Hall–Kier alpha value is -0.120. The van der Waals surface area contributed by atoms with Crippen LogP contribution in [0.25, 0.3) is 0 Å². The van der Waals surface area contributed by atoms with Crippen molar-refractivity contribution in [2.24, 2.45) is 5.41 Å². The van der Waals surface area contributed by atoms with Gasteiger partial charge in [-0.25, -0.2) is 0 Å². The van der Waals surface area contributed by atoms with E-state index < -0.39 is 0 Å². The van der Waals surface area contributed by atoms with Crippen LogP contribution in [0.4, 0.5) is 0 Å². The van der Waals surface area contributed by atoms with Crippen molar-refractivity contribution in [1.82, 2.24) is 0 Å². The van der Waals surface area contributed by atoms with Gasteiger partial charge in [0.05, 0.1) is 24.9 Å². The Morgan fingerprint density at radius 3 is 2.40 bits per heavy atom. The quantitative estimate of drug-likeness (QED) is 0.738. The molecule has 0 heterocycles. The largest absolute Gasteiger partial charge is 0.392 e. The van der Waals surface area contributed by atoms with Gasteiger partial charge >= 0.3 is 0 Å². The van der Waals surface area contributed by atoms with Crippen molar-refractivity contribution in [1.29, 1.82) is 0 Å². The van der Waals surface area contributed by atoms with Gasteiger partial charge in [-0.05, 0) is 19.8 Å². The molecule has 0 amide bonds. The maximum atomic E-state index is 9.86. The Balaban J connectivity index is 2.49. The van der Waals surface area contributed by atoms with Crippen LogP contribution in [0.3, 0.4) is 0 Å². The monoisotopic (exact) mass is 216 g/mol. The molecule has 3 unspecified atom stereocenters. The third kappa shape index (κ3) is 2.35.